The molecule has 0 aliphatic rings. The lowest BCUT2D eigenvalue weighted by molar-refractivity contribution is 0.414. The lowest BCUT2D eigenvalue weighted by atomic mass is 9.98. The summed E-state index contributed by atoms with van der Waals surface area (Å²) in [6.45, 7) is 2.08. The first-order chi connectivity index (χ1) is 8.74. The van der Waals surface area contributed by atoms with E-state index in [9.17, 15) is 0 Å². The highest BCUT2D eigenvalue weighted by molar-refractivity contribution is 7.09. The van der Waals surface area contributed by atoms with Crippen LogP contribution in [0.2, 0.25) is 0 Å². The zero-order valence-corrected chi connectivity index (χ0v) is 11.5. The van der Waals surface area contributed by atoms with Gasteiger partial charge in [-0.1, -0.05) is 12.1 Å². The molecule has 4 heteroatoms. The Kier molecular flexibility index (Phi) is 4.36. The summed E-state index contributed by atoms with van der Waals surface area (Å²) in [5, 5.41) is 2.09. The summed E-state index contributed by atoms with van der Waals surface area (Å²) < 4.78 is 5.22. The van der Waals surface area contributed by atoms with E-state index in [0.717, 1.165) is 12.2 Å². The van der Waals surface area contributed by atoms with Crippen LogP contribution >= 0.6 is 11.3 Å². The molecule has 0 aliphatic carbocycles. The summed E-state index contributed by atoms with van der Waals surface area (Å²) in [7, 11) is 1.68. The Balaban J connectivity index is 2.22. The molecule has 18 heavy (non-hydrogen) atoms. The summed E-state index contributed by atoms with van der Waals surface area (Å²) in [5.74, 6) is 6.56. The van der Waals surface area contributed by atoms with Gasteiger partial charge < -0.3 is 4.74 Å². The lowest BCUT2D eigenvalue weighted by Crippen LogP contribution is -2.29. The average Bonchev–Trinajstić information content (AvgIpc) is 2.89. The van der Waals surface area contributed by atoms with Gasteiger partial charge in [-0.15, -0.1) is 11.3 Å². The number of nitrogens with one attached hydrogen (secondary N) is 1. The third-order valence-corrected chi connectivity index (χ3v) is 3.94. The molecule has 0 radical (unpaired) electrons. The second-order valence-electron chi connectivity index (χ2n) is 4.23. The van der Waals surface area contributed by atoms with Gasteiger partial charge in [0.25, 0.3) is 0 Å². The monoisotopic (exact) mass is 262 g/mol. The van der Waals surface area contributed by atoms with Crippen LogP contribution in [0, 0.1) is 6.92 Å². The topological polar surface area (TPSA) is 47.3 Å². The van der Waals surface area contributed by atoms with Gasteiger partial charge in [0.2, 0.25) is 0 Å². The molecule has 3 nitrogen and oxygen atoms in total. The molecule has 0 saturated carbocycles. The molecule has 0 spiro atoms. The van der Waals surface area contributed by atoms with Crippen molar-refractivity contribution in [3.05, 3.63) is 51.7 Å². The third-order valence-electron chi connectivity index (χ3n) is 3.04. The maximum absolute atomic E-state index is 5.68. The van der Waals surface area contributed by atoms with Crippen molar-refractivity contribution in [1.82, 2.24) is 5.43 Å². The third kappa shape index (κ3) is 2.90. The number of aryl methyl sites for hydroxylation is 1. The van der Waals surface area contributed by atoms with Gasteiger partial charge in [0.15, 0.2) is 0 Å². The molecule has 1 heterocycles. The van der Waals surface area contributed by atoms with Gasteiger partial charge in [0, 0.05) is 11.3 Å². The molecule has 0 amide bonds. The van der Waals surface area contributed by atoms with Gasteiger partial charge in [-0.05, 0) is 41.6 Å². The minimum absolute atomic E-state index is 0.134. The quantitative estimate of drug-likeness (QED) is 0.643. The number of nitrogens with two attached hydrogens (primary N) is 1. The highest BCUT2D eigenvalue weighted by Gasteiger charge is 2.14. The van der Waals surface area contributed by atoms with Crippen LogP contribution in [0.15, 0.2) is 35.7 Å². The number of methoxy groups -OCH3 is 1. The van der Waals surface area contributed by atoms with E-state index < -0.39 is 0 Å². The highest BCUT2D eigenvalue weighted by atomic mass is 32.1. The second kappa shape index (κ2) is 6.00. The van der Waals surface area contributed by atoms with Crippen LogP contribution in [0.1, 0.15) is 22.0 Å². The molecule has 96 valence electrons. The van der Waals surface area contributed by atoms with Crippen molar-refractivity contribution < 1.29 is 4.74 Å². The number of rotatable bonds is 5. The maximum Gasteiger partial charge on any atom is 0.119 e. The van der Waals surface area contributed by atoms with Gasteiger partial charge in [0.05, 0.1) is 13.2 Å². The van der Waals surface area contributed by atoms with E-state index in [1.165, 1.54) is 16.0 Å². The molecule has 3 N–H and O–H groups in total. The number of thiophene rings is 1. The predicted molar refractivity (Wildman–Crippen MR) is 75.8 cm³/mol. The second-order valence-corrected chi connectivity index (χ2v) is 5.26. The Morgan fingerprint density at radius 3 is 2.78 bits per heavy atom. The molecular weight excluding hydrogens is 244 g/mol. The number of hydrogen-bond donors (Lipinski definition) is 2. The van der Waals surface area contributed by atoms with Crippen LogP contribution in [-0.2, 0) is 6.42 Å². The average molecular weight is 262 g/mol. The summed E-state index contributed by atoms with van der Waals surface area (Å²) in [5.41, 5.74) is 5.30. The van der Waals surface area contributed by atoms with Crippen LogP contribution in [0.4, 0.5) is 0 Å². The normalized spacial score (nSPS) is 12.4. The SMILES string of the molecule is COc1ccc(C(Cc2cccs2)NN)c(C)c1. The summed E-state index contributed by atoms with van der Waals surface area (Å²) in [4.78, 5) is 1.33. The Hall–Kier alpha value is -1.36. The van der Waals surface area contributed by atoms with Gasteiger partial charge in [-0.25, -0.2) is 0 Å². The van der Waals surface area contributed by atoms with E-state index in [1.54, 1.807) is 18.4 Å². The van der Waals surface area contributed by atoms with Gasteiger partial charge >= 0.3 is 0 Å². The molecule has 2 aromatic rings. The molecule has 0 saturated heterocycles. The van der Waals surface area contributed by atoms with Crippen molar-refractivity contribution in [3.8, 4) is 5.75 Å². The van der Waals surface area contributed by atoms with Crippen molar-refractivity contribution in [2.75, 3.05) is 7.11 Å². The first kappa shape index (κ1) is 13.1. The first-order valence-electron chi connectivity index (χ1n) is 5.87. The zero-order valence-electron chi connectivity index (χ0n) is 10.6. The van der Waals surface area contributed by atoms with E-state index in [-0.39, 0.29) is 6.04 Å². The Morgan fingerprint density at radius 1 is 1.39 bits per heavy atom. The smallest absolute Gasteiger partial charge is 0.119 e. The number of hydrogen-bond acceptors (Lipinski definition) is 4. The summed E-state index contributed by atoms with van der Waals surface area (Å²) in [6.07, 6.45) is 0.904. The molecule has 0 bridgehead atoms. The molecule has 1 unspecified atom stereocenters. The van der Waals surface area contributed by atoms with Crippen molar-refractivity contribution in [1.29, 1.82) is 0 Å². The molecule has 1 aromatic heterocycles. The van der Waals surface area contributed by atoms with Crippen molar-refractivity contribution in [2.24, 2.45) is 5.84 Å². The predicted octanol–water partition coefficient (Wildman–Crippen LogP) is 2.81. The Labute approximate surface area is 112 Å². The summed E-state index contributed by atoms with van der Waals surface area (Å²) in [6, 6.07) is 10.4. The van der Waals surface area contributed by atoms with E-state index >= 15 is 0 Å². The Morgan fingerprint density at radius 2 is 2.22 bits per heavy atom. The summed E-state index contributed by atoms with van der Waals surface area (Å²) >= 11 is 1.75. The van der Waals surface area contributed by atoms with Crippen LogP contribution in [0.5, 0.6) is 5.75 Å². The molecule has 2 rings (SSSR count). The molecule has 0 aliphatic heterocycles. The minimum atomic E-state index is 0.134. The fourth-order valence-corrected chi connectivity index (χ4v) is 2.81. The molecule has 1 aromatic carbocycles. The van der Waals surface area contributed by atoms with Crippen LogP contribution in [0.3, 0.4) is 0 Å². The zero-order chi connectivity index (χ0) is 13.0. The van der Waals surface area contributed by atoms with Crippen molar-refractivity contribution in [3.63, 3.8) is 0 Å². The molecule has 1 atom stereocenters. The number of benzene rings is 1. The van der Waals surface area contributed by atoms with E-state index in [1.807, 2.05) is 12.1 Å². The van der Waals surface area contributed by atoms with E-state index in [4.69, 9.17) is 10.6 Å². The number of hydrazine groups is 1. The first-order valence-corrected chi connectivity index (χ1v) is 6.75. The fourth-order valence-electron chi connectivity index (χ4n) is 2.05. The van der Waals surface area contributed by atoms with Crippen LogP contribution < -0.4 is 16.0 Å². The number of ether oxygens (including phenoxy) is 1. The fraction of sp³-hybridized carbons (Fsp3) is 0.286. The molecule has 0 fully saturated rings. The van der Waals surface area contributed by atoms with Gasteiger partial charge in [-0.2, -0.15) is 0 Å². The van der Waals surface area contributed by atoms with Crippen LogP contribution in [0.25, 0.3) is 0 Å². The molecular formula is C14H18N2OS. The Bertz CT molecular complexity index is 497. The van der Waals surface area contributed by atoms with Crippen LogP contribution in [-0.4, -0.2) is 7.11 Å². The van der Waals surface area contributed by atoms with E-state index in [2.05, 4.69) is 35.9 Å². The van der Waals surface area contributed by atoms with Crippen molar-refractivity contribution >= 4 is 11.3 Å². The maximum atomic E-state index is 5.68. The largest absolute Gasteiger partial charge is 0.497 e. The van der Waals surface area contributed by atoms with Gasteiger partial charge in [0.1, 0.15) is 5.75 Å². The van der Waals surface area contributed by atoms with Gasteiger partial charge in [-0.3, -0.25) is 11.3 Å². The van der Waals surface area contributed by atoms with Crippen molar-refractivity contribution in [2.45, 2.75) is 19.4 Å². The minimum Gasteiger partial charge on any atom is -0.497 e. The standard InChI is InChI=1S/C14H18N2OS/c1-10-8-11(17-2)5-6-13(10)14(16-15)9-12-4-3-7-18-12/h3-8,14,16H,9,15H2,1-2H3. The van der Waals surface area contributed by atoms with E-state index in [0.29, 0.717) is 0 Å². The highest BCUT2D eigenvalue weighted by Crippen LogP contribution is 2.26. The lowest BCUT2D eigenvalue weighted by Gasteiger charge is -2.18.